The van der Waals surface area contributed by atoms with Crippen LogP contribution in [0.25, 0.3) is 0 Å². The van der Waals surface area contributed by atoms with Gasteiger partial charge >= 0.3 is 0 Å². The van der Waals surface area contributed by atoms with Crippen LogP contribution in [0, 0.1) is 6.92 Å². The first-order chi connectivity index (χ1) is 8.13. The number of nitrogens with one attached hydrogen (secondary N) is 1. The van der Waals surface area contributed by atoms with E-state index in [1.165, 1.54) is 25.7 Å². The molecule has 0 bridgehead atoms. The van der Waals surface area contributed by atoms with Crippen LogP contribution < -0.4 is 11.3 Å². The van der Waals surface area contributed by atoms with E-state index in [9.17, 15) is 0 Å². The summed E-state index contributed by atoms with van der Waals surface area (Å²) >= 11 is 0. The Bertz CT molecular complexity index is 395. The lowest BCUT2D eigenvalue weighted by molar-refractivity contribution is 0.658. The quantitative estimate of drug-likeness (QED) is 0.623. The first kappa shape index (κ1) is 12.3. The number of aryl methyl sites for hydroxylation is 1. The molecule has 1 aromatic rings. The average molecular weight is 234 g/mol. The summed E-state index contributed by atoms with van der Waals surface area (Å²) < 4.78 is 0. The molecule has 1 aliphatic carbocycles. The normalized spacial score (nSPS) is 16.8. The molecule has 1 fully saturated rings. The summed E-state index contributed by atoms with van der Waals surface area (Å²) in [6.07, 6.45) is 5.02. The van der Waals surface area contributed by atoms with Gasteiger partial charge in [0.2, 0.25) is 0 Å². The van der Waals surface area contributed by atoms with Gasteiger partial charge in [0.1, 0.15) is 11.6 Å². The van der Waals surface area contributed by atoms with Gasteiger partial charge in [0.05, 0.1) is 0 Å². The van der Waals surface area contributed by atoms with Gasteiger partial charge in [0.25, 0.3) is 0 Å². The fourth-order valence-electron chi connectivity index (χ4n) is 2.77. The molecule has 1 aromatic heterocycles. The van der Waals surface area contributed by atoms with Crippen molar-refractivity contribution in [2.75, 3.05) is 5.43 Å². The highest BCUT2D eigenvalue weighted by molar-refractivity contribution is 5.47. The molecule has 2 rings (SSSR count). The van der Waals surface area contributed by atoms with E-state index >= 15 is 0 Å². The van der Waals surface area contributed by atoms with Gasteiger partial charge in [-0.15, -0.1) is 0 Å². The predicted molar refractivity (Wildman–Crippen MR) is 69.9 cm³/mol. The number of hydrazine groups is 1. The zero-order chi connectivity index (χ0) is 12.4. The number of nitrogen functional groups attached to an aromatic ring is 1. The smallest absolute Gasteiger partial charge is 0.147 e. The molecular formula is C13H22N4. The van der Waals surface area contributed by atoms with Gasteiger partial charge in [-0.25, -0.2) is 15.8 Å². The van der Waals surface area contributed by atoms with E-state index in [2.05, 4.69) is 36.2 Å². The van der Waals surface area contributed by atoms with Crippen molar-refractivity contribution in [1.82, 2.24) is 9.97 Å². The third-order valence-corrected chi connectivity index (χ3v) is 3.59. The van der Waals surface area contributed by atoms with Crippen LogP contribution in [0.5, 0.6) is 0 Å². The maximum absolute atomic E-state index is 5.58. The number of hydrogen-bond acceptors (Lipinski definition) is 4. The van der Waals surface area contributed by atoms with Crippen LogP contribution >= 0.6 is 0 Å². The van der Waals surface area contributed by atoms with E-state index in [1.807, 2.05) is 0 Å². The number of nitrogens with zero attached hydrogens (tertiary/aromatic N) is 2. The average Bonchev–Trinajstić information content (AvgIpc) is 2.80. The molecule has 3 N–H and O–H groups in total. The fourth-order valence-corrected chi connectivity index (χ4v) is 2.77. The number of aromatic nitrogens is 2. The van der Waals surface area contributed by atoms with Gasteiger partial charge in [-0.2, -0.15) is 0 Å². The van der Waals surface area contributed by atoms with Crippen molar-refractivity contribution in [1.29, 1.82) is 0 Å². The van der Waals surface area contributed by atoms with Gasteiger partial charge in [-0.3, -0.25) is 0 Å². The van der Waals surface area contributed by atoms with E-state index in [1.54, 1.807) is 0 Å². The van der Waals surface area contributed by atoms with Crippen LogP contribution in [0.3, 0.4) is 0 Å². The van der Waals surface area contributed by atoms with E-state index in [0.29, 0.717) is 11.8 Å². The lowest BCUT2D eigenvalue weighted by atomic mass is 10.0. The second-order valence-corrected chi connectivity index (χ2v) is 5.21. The molecule has 0 aromatic carbocycles. The summed E-state index contributed by atoms with van der Waals surface area (Å²) in [6.45, 7) is 6.33. The highest BCUT2D eigenvalue weighted by Crippen LogP contribution is 2.34. The summed E-state index contributed by atoms with van der Waals surface area (Å²) in [5, 5.41) is 0. The summed E-state index contributed by atoms with van der Waals surface area (Å²) in [6, 6.07) is 0. The van der Waals surface area contributed by atoms with Crippen molar-refractivity contribution in [3.63, 3.8) is 0 Å². The Kier molecular flexibility index (Phi) is 3.62. The zero-order valence-electron chi connectivity index (χ0n) is 11.0. The number of hydrogen-bond donors (Lipinski definition) is 2. The second-order valence-electron chi connectivity index (χ2n) is 5.21. The first-order valence-corrected chi connectivity index (χ1v) is 6.48. The van der Waals surface area contributed by atoms with Crippen LogP contribution in [0.15, 0.2) is 0 Å². The van der Waals surface area contributed by atoms with Crippen molar-refractivity contribution >= 4 is 5.82 Å². The minimum absolute atomic E-state index is 0.388. The fraction of sp³-hybridized carbons (Fsp3) is 0.692. The monoisotopic (exact) mass is 234 g/mol. The summed E-state index contributed by atoms with van der Waals surface area (Å²) in [7, 11) is 0. The molecule has 0 aliphatic heterocycles. The molecule has 1 aliphatic rings. The number of rotatable bonds is 3. The lowest BCUT2D eigenvalue weighted by Crippen LogP contribution is -2.16. The Balaban J connectivity index is 2.40. The topological polar surface area (TPSA) is 63.8 Å². The highest BCUT2D eigenvalue weighted by Gasteiger charge is 2.22. The van der Waals surface area contributed by atoms with Gasteiger partial charge in [-0.1, -0.05) is 26.7 Å². The molecule has 0 saturated heterocycles. The number of nitrogens with two attached hydrogens (primary N) is 1. The van der Waals surface area contributed by atoms with Crippen LogP contribution in [0.1, 0.15) is 68.4 Å². The molecular weight excluding hydrogens is 212 g/mol. The standard InChI is InChI=1S/C13H22N4/c1-8(2)11-9(3)15-12(16-13(11)17-14)10-6-4-5-7-10/h8,10H,4-7,14H2,1-3H3,(H,15,16,17). The third kappa shape index (κ3) is 2.41. The Hall–Kier alpha value is -1.16. The van der Waals surface area contributed by atoms with E-state index in [0.717, 1.165) is 22.9 Å². The molecule has 0 atom stereocenters. The van der Waals surface area contributed by atoms with Crippen molar-refractivity contribution in [2.24, 2.45) is 5.84 Å². The van der Waals surface area contributed by atoms with Crippen LogP contribution in [0.4, 0.5) is 5.82 Å². The van der Waals surface area contributed by atoms with Gasteiger partial charge < -0.3 is 5.43 Å². The number of anilines is 1. The van der Waals surface area contributed by atoms with Crippen LogP contribution in [0.2, 0.25) is 0 Å². The molecule has 17 heavy (non-hydrogen) atoms. The maximum Gasteiger partial charge on any atom is 0.147 e. The Morgan fingerprint density at radius 1 is 1.24 bits per heavy atom. The summed E-state index contributed by atoms with van der Waals surface area (Å²) in [5.41, 5.74) is 4.92. The second kappa shape index (κ2) is 5.00. The highest BCUT2D eigenvalue weighted by atomic mass is 15.3. The molecule has 94 valence electrons. The van der Waals surface area contributed by atoms with Crippen molar-refractivity contribution in [3.05, 3.63) is 17.1 Å². The van der Waals surface area contributed by atoms with Crippen molar-refractivity contribution < 1.29 is 0 Å². The lowest BCUT2D eigenvalue weighted by Gasteiger charge is -2.17. The van der Waals surface area contributed by atoms with E-state index in [-0.39, 0.29) is 0 Å². The summed E-state index contributed by atoms with van der Waals surface area (Å²) in [5.74, 6) is 8.27. The minimum Gasteiger partial charge on any atom is -0.308 e. The van der Waals surface area contributed by atoms with Crippen molar-refractivity contribution in [2.45, 2.75) is 58.3 Å². The molecule has 1 heterocycles. The minimum atomic E-state index is 0.388. The van der Waals surface area contributed by atoms with Gasteiger partial charge in [0.15, 0.2) is 0 Å². The molecule has 0 spiro atoms. The molecule has 0 amide bonds. The summed E-state index contributed by atoms with van der Waals surface area (Å²) in [4.78, 5) is 9.29. The Morgan fingerprint density at radius 3 is 2.41 bits per heavy atom. The molecule has 0 unspecified atom stereocenters. The van der Waals surface area contributed by atoms with E-state index < -0.39 is 0 Å². The van der Waals surface area contributed by atoms with E-state index in [4.69, 9.17) is 5.84 Å². The SMILES string of the molecule is Cc1nc(C2CCCC2)nc(NN)c1C(C)C. The molecule has 1 saturated carbocycles. The predicted octanol–water partition coefficient (Wildman–Crippen LogP) is 2.85. The zero-order valence-corrected chi connectivity index (χ0v) is 11.0. The molecule has 0 radical (unpaired) electrons. The maximum atomic E-state index is 5.58. The largest absolute Gasteiger partial charge is 0.308 e. The molecule has 4 nitrogen and oxygen atoms in total. The van der Waals surface area contributed by atoms with Crippen molar-refractivity contribution in [3.8, 4) is 0 Å². The Morgan fingerprint density at radius 2 is 1.88 bits per heavy atom. The van der Waals surface area contributed by atoms with Crippen LogP contribution in [-0.2, 0) is 0 Å². The van der Waals surface area contributed by atoms with Gasteiger partial charge in [0, 0.05) is 17.2 Å². The van der Waals surface area contributed by atoms with Gasteiger partial charge in [-0.05, 0) is 25.7 Å². The van der Waals surface area contributed by atoms with Crippen LogP contribution in [-0.4, -0.2) is 9.97 Å². The third-order valence-electron chi connectivity index (χ3n) is 3.59. The Labute approximate surface area is 103 Å². The first-order valence-electron chi connectivity index (χ1n) is 6.48. The molecule has 4 heteroatoms.